The number of carbonyl (C=O) groups excluding carboxylic acids is 1. The number of anilines is 1. The van der Waals surface area contributed by atoms with Crippen molar-refractivity contribution < 1.29 is 4.79 Å². The first-order valence-electron chi connectivity index (χ1n) is 9.89. The predicted octanol–water partition coefficient (Wildman–Crippen LogP) is 3.78. The lowest BCUT2D eigenvalue weighted by Crippen LogP contribution is -2.16. The highest BCUT2D eigenvalue weighted by Gasteiger charge is 2.28. The van der Waals surface area contributed by atoms with Gasteiger partial charge in [-0.05, 0) is 67.4 Å². The molecule has 156 valence electrons. The summed E-state index contributed by atoms with van der Waals surface area (Å²) >= 11 is 6.28. The number of tetrazole rings is 1. The van der Waals surface area contributed by atoms with Crippen LogP contribution in [0.3, 0.4) is 0 Å². The Bertz CT molecular complexity index is 1290. The number of nitrogens with zero attached hydrogens (tertiary/aromatic N) is 7. The predicted molar refractivity (Wildman–Crippen MR) is 115 cm³/mol. The summed E-state index contributed by atoms with van der Waals surface area (Å²) in [6.45, 7) is 3.83. The molecule has 0 radical (unpaired) electrons. The molecule has 4 aromatic rings. The lowest BCUT2D eigenvalue weighted by Gasteiger charge is -2.10. The molecule has 3 heterocycles. The molecule has 3 aromatic heterocycles. The number of pyridine rings is 1. The number of aromatic nitrogens is 7. The first kappa shape index (κ1) is 19.4. The monoisotopic (exact) mass is 434 g/mol. The van der Waals surface area contributed by atoms with Crippen molar-refractivity contribution in [3.8, 4) is 17.2 Å². The number of amides is 1. The van der Waals surface area contributed by atoms with Crippen LogP contribution < -0.4 is 5.32 Å². The van der Waals surface area contributed by atoms with E-state index in [0.29, 0.717) is 23.4 Å². The minimum atomic E-state index is -0.410. The molecule has 31 heavy (non-hydrogen) atoms. The number of aryl methyl sites for hydroxylation is 2. The molecule has 0 unspecified atom stereocenters. The molecule has 0 aliphatic heterocycles. The summed E-state index contributed by atoms with van der Waals surface area (Å²) in [7, 11) is 0. The van der Waals surface area contributed by atoms with Crippen molar-refractivity contribution in [2.24, 2.45) is 0 Å². The first-order valence-corrected chi connectivity index (χ1v) is 10.3. The van der Waals surface area contributed by atoms with Gasteiger partial charge in [-0.1, -0.05) is 23.7 Å². The summed E-state index contributed by atoms with van der Waals surface area (Å²) in [6, 6.07) is 13.1. The molecule has 10 heteroatoms. The zero-order chi connectivity index (χ0) is 21.5. The maximum Gasteiger partial charge on any atom is 0.275 e. The minimum Gasteiger partial charge on any atom is -0.321 e. The number of benzene rings is 1. The van der Waals surface area contributed by atoms with Crippen LogP contribution in [0.4, 0.5) is 5.69 Å². The van der Waals surface area contributed by atoms with Gasteiger partial charge in [0.15, 0.2) is 11.6 Å². The highest BCUT2D eigenvalue weighted by atomic mass is 35.5. The molecular formula is C21H19ClN8O. The van der Waals surface area contributed by atoms with Crippen molar-refractivity contribution in [2.45, 2.75) is 32.7 Å². The number of hydrogen-bond acceptors (Lipinski definition) is 6. The van der Waals surface area contributed by atoms with Crippen LogP contribution in [0, 0.1) is 13.8 Å². The summed E-state index contributed by atoms with van der Waals surface area (Å²) < 4.78 is 3.51. The number of carbonyl (C=O) groups is 1. The summed E-state index contributed by atoms with van der Waals surface area (Å²) in [4.78, 5) is 17.4. The van der Waals surface area contributed by atoms with Crippen molar-refractivity contribution >= 4 is 23.2 Å². The standard InChI is InChI=1S/C21H19ClN8O/c1-12-10-13(2)29(26-12)18-9-8-17(22)19(24-18)21(31)23-15-5-3-4-14(11-15)20-25-27-28-30(20)16-6-7-16/h3-5,8-11,16H,6-7H2,1-2H3,(H,23,31). The molecule has 1 aliphatic carbocycles. The summed E-state index contributed by atoms with van der Waals surface area (Å²) in [5.41, 5.74) is 3.33. The fraction of sp³-hybridized carbons (Fsp3) is 0.238. The van der Waals surface area contributed by atoms with Crippen LogP contribution in [-0.2, 0) is 0 Å². The van der Waals surface area contributed by atoms with E-state index in [0.717, 1.165) is 29.8 Å². The Morgan fingerprint density at radius 2 is 2.00 bits per heavy atom. The normalized spacial score (nSPS) is 13.4. The molecule has 0 spiro atoms. The second kappa shape index (κ2) is 7.59. The Kier molecular flexibility index (Phi) is 4.74. The quantitative estimate of drug-likeness (QED) is 0.512. The zero-order valence-corrected chi connectivity index (χ0v) is 17.7. The van der Waals surface area contributed by atoms with Crippen molar-refractivity contribution in [1.29, 1.82) is 0 Å². The van der Waals surface area contributed by atoms with E-state index in [1.165, 1.54) is 0 Å². The second-order valence-corrected chi connectivity index (χ2v) is 7.96. The van der Waals surface area contributed by atoms with Gasteiger partial charge in [0.2, 0.25) is 0 Å². The third kappa shape index (κ3) is 3.79. The third-order valence-electron chi connectivity index (χ3n) is 5.04. The van der Waals surface area contributed by atoms with Crippen LogP contribution in [0.2, 0.25) is 5.02 Å². The van der Waals surface area contributed by atoms with Crippen molar-refractivity contribution in [2.75, 3.05) is 5.32 Å². The van der Waals surface area contributed by atoms with Crippen LogP contribution in [0.25, 0.3) is 17.2 Å². The molecule has 9 nitrogen and oxygen atoms in total. The number of rotatable bonds is 5. The number of nitrogens with one attached hydrogen (secondary N) is 1. The minimum absolute atomic E-state index is 0.125. The average molecular weight is 435 g/mol. The van der Waals surface area contributed by atoms with E-state index in [2.05, 4.69) is 30.9 Å². The lowest BCUT2D eigenvalue weighted by molar-refractivity contribution is 0.102. The van der Waals surface area contributed by atoms with Gasteiger partial charge in [0.05, 0.1) is 16.8 Å². The lowest BCUT2D eigenvalue weighted by atomic mass is 10.2. The molecule has 0 bridgehead atoms. The van der Waals surface area contributed by atoms with Gasteiger partial charge in [-0.2, -0.15) is 5.10 Å². The van der Waals surface area contributed by atoms with Gasteiger partial charge in [-0.3, -0.25) is 4.79 Å². The summed E-state index contributed by atoms with van der Waals surface area (Å²) in [5.74, 6) is 0.797. The molecule has 1 aromatic carbocycles. The maximum atomic E-state index is 13.0. The molecule has 5 rings (SSSR count). The van der Waals surface area contributed by atoms with E-state index in [4.69, 9.17) is 11.6 Å². The van der Waals surface area contributed by atoms with E-state index in [1.807, 2.05) is 42.8 Å². The highest BCUT2D eigenvalue weighted by molar-refractivity contribution is 6.34. The topological polar surface area (TPSA) is 103 Å². The Morgan fingerprint density at radius 1 is 1.16 bits per heavy atom. The first-order chi connectivity index (χ1) is 15.0. The Hall–Kier alpha value is -3.59. The van der Waals surface area contributed by atoms with E-state index in [9.17, 15) is 4.79 Å². The smallest absolute Gasteiger partial charge is 0.275 e. The van der Waals surface area contributed by atoms with Gasteiger partial charge in [0, 0.05) is 16.9 Å². The Morgan fingerprint density at radius 3 is 2.74 bits per heavy atom. The molecule has 1 amide bonds. The van der Waals surface area contributed by atoms with Crippen molar-refractivity contribution in [3.05, 3.63) is 64.6 Å². The third-order valence-corrected chi connectivity index (χ3v) is 5.34. The van der Waals surface area contributed by atoms with Crippen molar-refractivity contribution in [1.82, 2.24) is 35.0 Å². The van der Waals surface area contributed by atoms with Crippen LogP contribution in [0.1, 0.15) is 40.8 Å². The average Bonchev–Trinajstić information content (AvgIpc) is 3.37. The molecular weight excluding hydrogens is 416 g/mol. The SMILES string of the molecule is Cc1cc(C)n(-c2ccc(Cl)c(C(=O)Nc3cccc(-c4nnnn4C4CC4)c3)n2)n1. The summed E-state index contributed by atoms with van der Waals surface area (Å²) in [5, 5.41) is 19.6. The molecule has 1 saturated carbocycles. The number of halogens is 1. The number of hydrogen-bond donors (Lipinski definition) is 1. The molecule has 1 aliphatic rings. The van der Waals surface area contributed by atoms with Crippen molar-refractivity contribution in [3.63, 3.8) is 0 Å². The molecule has 1 fully saturated rings. The molecule has 1 N–H and O–H groups in total. The molecule has 0 atom stereocenters. The maximum absolute atomic E-state index is 13.0. The van der Waals surface area contributed by atoms with E-state index < -0.39 is 5.91 Å². The van der Waals surface area contributed by atoms with Crippen LogP contribution in [0.5, 0.6) is 0 Å². The van der Waals surface area contributed by atoms with Crippen LogP contribution in [0.15, 0.2) is 42.5 Å². The van der Waals surface area contributed by atoms with Gasteiger partial charge in [0.1, 0.15) is 5.69 Å². The van der Waals surface area contributed by atoms with Gasteiger partial charge in [0.25, 0.3) is 5.91 Å². The zero-order valence-electron chi connectivity index (χ0n) is 16.9. The van der Waals surface area contributed by atoms with Gasteiger partial charge < -0.3 is 5.32 Å². The Balaban J connectivity index is 1.42. The van der Waals surface area contributed by atoms with Crippen LogP contribution >= 0.6 is 11.6 Å². The fourth-order valence-corrected chi connectivity index (χ4v) is 3.64. The molecule has 0 saturated heterocycles. The van der Waals surface area contributed by atoms with Gasteiger partial charge in [-0.25, -0.2) is 14.3 Å². The van der Waals surface area contributed by atoms with E-state index in [1.54, 1.807) is 22.9 Å². The van der Waals surface area contributed by atoms with E-state index >= 15 is 0 Å². The summed E-state index contributed by atoms with van der Waals surface area (Å²) in [6.07, 6.45) is 2.15. The largest absolute Gasteiger partial charge is 0.321 e. The van der Waals surface area contributed by atoms with Crippen LogP contribution in [-0.4, -0.2) is 40.9 Å². The Labute approximate surface area is 183 Å². The highest BCUT2D eigenvalue weighted by Crippen LogP contribution is 2.36. The van der Waals surface area contributed by atoms with Gasteiger partial charge in [-0.15, -0.1) is 5.10 Å². The fourth-order valence-electron chi connectivity index (χ4n) is 3.44. The second-order valence-electron chi connectivity index (χ2n) is 7.55. The van der Waals surface area contributed by atoms with E-state index in [-0.39, 0.29) is 10.7 Å². The van der Waals surface area contributed by atoms with Gasteiger partial charge >= 0.3 is 0 Å².